The normalized spacial score (nSPS) is 12.3. The SMILES string of the molecule is CC(c1ccccc1)c1ccc(-c2ccnc(-c3cc(-c4ccccc4)cc(-c4cccc5c4nc(-c4cc(C(C)(C)C)cc(C(C)(C)C)c4O)n5-c4ccccc4-c4ccccc4)c3)c2)cc1. The Morgan fingerprint density at radius 3 is 1.74 bits per heavy atom. The molecule has 4 heteroatoms. The molecule has 0 spiro atoms. The van der Waals surface area contributed by atoms with Crippen LogP contribution >= 0.6 is 0 Å². The van der Waals surface area contributed by atoms with E-state index in [4.69, 9.17) is 9.97 Å². The van der Waals surface area contributed by atoms with E-state index in [0.29, 0.717) is 17.3 Å². The van der Waals surface area contributed by atoms with Gasteiger partial charge in [-0.2, -0.15) is 0 Å². The van der Waals surface area contributed by atoms with Crippen LogP contribution in [0.2, 0.25) is 0 Å². The summed E-state index contributed by atoms with van der Waals surface area (Å²) in [5, 5.41) is 12.5. The van der Waals surface area contributed by atoms with Crippen LogP contribution in [0, 0.1) is 0 Å². The molecule has 0 bridgehead atoms. The third-order valence-electron chi connectivity index (χ3n) is 13.4. The number of pyridine rings is 1. The molecule has 10 rings (SSSR count). The van der Waals surface area contributed by atoms with Gasteiger partial charge in [0.1, 0.15) is 11.6 Å². The van der Waals surface area contributed by atoms with Crippen LogP contribution in [0.1, 0.15) is 76.6 Å². The van der Waals surface area contributed by atoms with E-state index in [2.05, 4.69) is 253 Å². The number of rotatable bonds is 9. The Morgan fingerprint density at radius 2 is 1.04 bits per heavy atom. The predicted octanol–water partition coefficient (Wildman–Crippen LogP) is 16.9. The van der Waals surface area contributed by atoms with E-state index >= 15 is 0 Å². The summed E-state index contributed by atoms with van der Waals surface area (Å²) in [6.45, 7) is 15.4. The third kappa shape index (κ3) is 8.55. The molecular formula is C64H57N3O. The summed E-state index contributed by atoms with van der Waals surface area (Å²) in [6, 6.07) is 71.1. The van der Waals surface area contributed by atoms with Gasteiger partial charge in [-0.15, -0.1) is 0 Å². The Morgan fingerprint density at radius 1 is 0.456 bits per heavy atom. The number of hydrogen-bond acceptors (Lipinski definition) is 3. The van der Waals surface area contributed by atoms with E-state index in [0.717, 1.165) is 83.6 Å². The lowest BCUT2D eigenvalue weighted by atomic mass is 9.79. The maximum absolute atomic E-state index is 12.5. The first-order valence-electron chi connectivity index (χ1n) is 23.7. The molecule has 0 saturated heterocycles. The lowest BCUT2D eigenvalue weighted by Crippen LogP contribution is -2.17. The van der Waals surface area contributed by atoms with Crippen molar-refractivity contribution in [2.45, 2.75) is 65.2 Å². The molecule has 0 aliphatic heterocycles. The molecule has 10 aromatic rings. The van der Waals surface area contributed by atoms with Gasteiger partial charge in [-0.25, -0.2) is 4.98 Å². The maximum Gasteiger partial charge on any atom is 0.149 e. The van der Waals surface area contributed by atoms with Gasteiger partial charge in [0.25, 0.3) is 0 Å². The highest BCUT2D eigenvalue weighted by Gasteiger charge is 2.29. The van der Waals surface area contributed by atoms with Gasteiger partial charge >= 0.3 is 0 Å². The summed E-state index contributed by atoms with van der Waals surface area (Å²) >= 11 is 0. The summed E-state index contributed by atoms with van der Waals surface area (Å²) in [4.78, 5) is 10.7. The molecule has 334 valence electrons. The molecule has 1 N–H and O–H groups in total. The number of hydrogen-bond donors (Lipinski definition) is 1. The van der Waals surface area contributed by atoms with Gasteiger partial charge in [0, 0.05) is 34.4 Å². The fourth-order valence-corrected chi connectivity index (χ4v) is 9.49. The van der Waals surface area contributed by atoms with E-state index in [1.54, 1.807) is 0 Å². The van der Waals surface area contributed by atoms with Gasteiger partial charge in [-0.05, 0) is 109 Å². The van der Waals surface area contributed by atoms with Gasteiger partial charge in [0.05, 0.1) is 28.0 Å². The van der Waals surface area contributed by atoms with Crippen LogP contribution in [-0.2, 0) is 10.8 Å². The zero-order valence-electron chi connectivity index (χ0n) is 40.0. The third-order valence-corrected chi connectivity index (χ3v) is 13.4. The molecule has 8 aromatic carbocycles. The highest BCUT2D eigenvalue weighted by atomic mass is 16.3. The van der Waals surface area contributed by atoms with Crippen molar-refractivity contribution in [3.8, 4) is 78.6 Å². The topological polar surface area (TPSA) is 50.9 Å². The molecule has 0 saturated carbocycles. The monoisotopic (exact) mass is 883 g/mol. The molecule has 2 aromatic heterocycles. The van der Waals surface area contributed by atoms with Gasteiger partial charge < -0.3 is 5.11 Å². The van der Waals surface area contributed by atoms with Gasteiger partial charge in [-0.1, -0.05) is 200 Å². The summed E-state index contributed by atoms with van der Waals surface area (Å²) in [7, 11) is 0. The van der Waals surface area contributed by atoms with Gasteiger partial charge in [0.15, 0.2) is 0 Å². The Hall–Kier alpha value is -7.82. The maximum atomic E-state index is 12.5. The minimum absolute atomic E-state index is 0.184. The highest BCUT2D eigenvalue weighted by Crippen LogP contribution is 2.46. The van der Waals surface area contributed by atoms with Crippen molar-refractivity contribution in [1.82, 2.24) is 14.5 Å². The molecule has 0 radical (unpaired) electrons. The molecule has 1 atom stereocenters. The molecular weight excluding hydrogens is 827 g/mol. The molecule has 0 amide bonds. The number of benzene rings is 8. The second-order valence-electron chi connectivity index (χ2n) is 20.1. The Kier molecular flexibility index (Phi) is 11.5. The number of phenols is 1. The number of para-hydroxylation sites is 2. The number of aromatic nitrogens is 3. The number of imidazole rings is 1. The summed E-state index contributed by atoms with van der Waals surface area (Å²) in [5.41, 5.74) is 18.1. The summed E-state index contributed by atoms with van der Waals surface area (Å²) < 4.78 is 2.26. The fraction of sp³-hybridized carbons (Fsp3) is 0.156. The number of nitrogens with zero attached hydrogens (tertiary/aromatic N) is 3. The zero-order chi connectivity index (χ0) is 47.2. The van der Waals surface area contributed by atoms with Crippen molar-refractivity contribution in [3.05, 3.63) is 229 Å². The van der Waals surface area contributed by atoms with Crippen LogP contribution in [0.3, 0.4) is 0 Å². The average Bonchev–Trinajstić information content (AvgIpc) is 3.76. The summed E-state index contributed by atoms with van der Waals surface area (Å²) in [6.07, 6.45) is 1.92. The Bertz CT molecular complexity index is 3410. The number of phenolic OH excluding ortho intramolecular Hbond substituents is 1. The quantitative estimate of drug-likeness (QED) is 0.157. The van der Waals surface area contributed by atoms with Gasteiger partial charge in [-0.3, -0.25) is 9.55 Å². The molecule has 2 heterocycles. The van der Waals surface area contributed by atoms with Gasteiger partial charge in [0.2, 0.25) is 0 Å². The Labute approximate surface area is 401 Å². The highest BCUT2D eigenvalue weighted by molar-refractivity contribution is 5.98. The molecule has 0 aliphatic carbocycles. The van der Waals surface area contributed by atoms with E-state index < -0.39 is 0 Å². The first kappa shape index (κ1) is 44.0. The smallest absolute Gasteiger partial charge is 0.149 e. The molecule has 0 fully saturated rings. The first-order valence-corrected chi connectivity index (χ1v) is 23.7. The second kappa shape index (κ2) is 17.8. The van der Waals surface area contributed by atoms with Crippen molar-refractivity contribution in [2.75, 3.05) is 0 Å². The molecule has 68 heavy (non-hydrogen) atoms. The van der Waals surface area contributed by atoms with E-state index in [1.807, 2.05) is 6.20 Å². The van der Waals surface area contributed by atoms with E-state index in [9.17, 15) is 5.11 Å². The number of aromatic hydroxyl groups is 1. The Balaban J connectivity index is 1.18. The van der Waals surface area contributed by atoms with E-state index in [1.165, 1.54) is 11.1 Å². The minimum atomic E-state index is -0.325. The standard InChI is InChI=1S/C64H57N3O/c1-42(43-20-11-8-12-21-43)44-30-32-46(33-31-44)48-34-35-65-57(39-48)51-37-49(45-22-13-9-14-23-45)36-50(38-51)54-27-19-29-59-60(54)66-62(55-40-52(63(2,3)4)41-56(61(55)68)64(5,6)7)67(59)58-28-18-17-26-53(58)47-24-15-10-16-25-47/h8-42,68H,1-7H3. The van der Waals surface area contributed by atoms with Crippen LogP contribution in [0.5, 0.6) is 5.75 Å². The van der Waals surface area contributed by atoms with Crippen LogP contribution in [0.25, 0.3) is 83.9 Å². The average molecular weight is 884 g/mol. The van der Waals surface area contributed by atoms with Crippen molar-refractivity contribution in [3.63, 3.8) is 0 Å². The zero-order valence-corrected chi connectivity index (χ0v) is 40.0. The van der Waals surface area contributed by atoms with Crippen LogP contribution in [0.15, 0.2) is 206 Å². The predicted molar refractivity (Wildman–Crippen MR) is 285 cm³/mol. The first-order chi connectivity index (χ1) is 32.8. The molecule has 4 nitrogen and oxygen atoms in total. The van der Waals surface area contributed by atoms with Crippen molar-refractivity contribution >= 4 is 11.0 Å². The van der Waals surface area contributed by atoms with Crippen LogP contribution in [-0.4, -0.2) is 19.6 Å². The van der Waals surface area contributed by atoms with Crippen molar-refractivity contribution < 1.29 is 5.11 Å². The van der Waals surface area contributed by atoms with Crippen LogP contribution < -0.4 is 0 Å². The molecule has 1 unspecified atom stereocenters. The minimum Gasteiger partial charge on any atom is -0.507 e. The van der Waals surface area contributed by atoms with E-state index in [-0.39, 0.29) is 16.6 Å². The number of fused-ring (bicyclic) bond motifs is 1. The largest absolute Gasteiger partial charge is 0.507 e. The summed E-state index contributed by atoms with van der Waals surface area (Å²) in [5.74, 6) is 1.23. The van der Waals surface area contributed by atoms with Crippen molar-refractivity contribution in [2.24, 2.45) is 0 Å². The lowest BCUT2D eigenvalue weighted by molar-refractivity contribution is 0.446. The van der Waals surface area contributed by atoms with Crippen molar-refractivity contribution in [1.29, 1.82) is 0 Å². The second-order valence-corrected chi connectivity index (χ2v) is 20.1. The fourth-order valence-electron chi connectivity index (χ4n) is 9.49. The molecule has 0 aliphatic rings. The van der Waals surface area contributed by atoms with Crippen LogP contribution in [0.4, 0.5) is 0 Å². The lowest BCUT2D eigenvalue weighted by Gasteiger charge is -2.27.